The quantitative estimate of drug-likeness (QED) is 0.806. The molecule has 1 amide bonds. The summed E-state index contributed by atoms with van der Waals surface area (Å²) in [6.07, 6.45) is -3.28. The summed E-state index contributed by atoms with van der Waals surface area (Å²) in [6, 6.07) is 0. The zero-order chi connectivity index (χ0) is 11.6. The summed E-state index contributed by atoms with van der Waals surface area (Å²) in [5.41, 5.74) is 1.16. The smallest absolute Gasteiger partial charge is 0.344 e. The van der Waals surface area contributed by atoms with Gasteiger partial charge >= 0.3 is 12.1 Å². The van der Waals surface area contributed by atoms with Crippen molar-refractivity contribution >= 4 is 5.91 Å². The van der Waals surface area contributed by atoms with Gasteiger partial charge in [-0.2, -0.15) is 18.3 Å². The first-order valence-corrected chi connectivity index (χ1v) is 4.15. The van der Waals surface area contributed by atoms with Gasteiger partial charge in [0.1, 0.15) is 0 Å². The Hall–Kier alpha value is -1.53. The minimum atomic E-state index is -4.84. The largest absolute Gasteiger partial charge is 0.471 e. The Balaban J connectivity index is 2.58. The van der Waals surface area contributed by atoms with E-state index in [1.165, 1.54) is 4.68 Å². The molecule has 0 fully saturated rings. The fourth-order valence-corrected chi connectivity index (χ4v) is 1.10. The first kappa shape index (κ1) is 11.5. The molecule has 0 aliphatic carbocycles. The van der Waals surface area contributed by atoms with E-state index in [-0.39, 0.29) is 6.54 Å². The van der Waals surface area contributed by atoms with Crippen LogP contribution in [0.2, 0.25) is 0 Å². The molecule has 0 spiro atoms. The summed E-state index contributed by atoms with van der Waals surface area (Å²) >= 11 is 0. The van der Waals surface area contributed by atoms with E-state index in [0.717, 1.165) is 0 Å². The minimum Gasteiger partial charge on any atom is -0.344 e. The van der Waals surface area contributed by atoms with E-state index >= 15 is 0 Å². The number of hydrogen-bond acceptors (Lipinski definition) is 2. The number of amides is 1. The molecule has 0 aliphatic rings. The third kappa shape index (κ3) is 2.97. The predicted octanol–water partition coefficient (Wildman–Crippen LogP) is 0.907. The highest BCUT2D eigenvalue weighted by Crippen LogP contribution is 2.14. The van der Waals surface area contributed by atoms with Gasteiger partial charge in [0.15, 0.2) is 0 Å². The fraction of sp³-hybridized carbons (Fsp3) is 0.500. The van der Waals surface area contributed by atoms with Gasteiger partial charge in [0.05, 0.1) is 5.69 Å². The number of rotatable bonds is 2. The number of hydrogen-bond donors (Lipinski definition) is 1. The van der Waals surface area contributed by atoms with Crippen molar-refractivity contribution in [2.24, 2.45) is 7.05 Å². The molecule has 1 aromatic heterocycles. The molecule has 84 valence electrons. The number of carbonyl (C=O) groups is 1. The normalized spacial score (nSPS) is 11.5. The maximum absolute atomic E-state index is 11.8. The summed E-state index contributed by atoms with van der Waals surface area (Å²) in [6.45, 7) is 1.49. The van der Waals surface area contributed by atoms with E-state index in [2.05, 4.69) is 5.10 Å². The zero-order valence-electron chi connectivity index (χ0n) is 8.22. The van der Waals surface area contributed by atoms with Crippen molar-refractivity contribution in [1.82, 2.24) is 15.1 Å². The summed E-state index contributed by atoms with van der Waals surface area (Å²) in [7, 11) is 1.65. The van der Waals surface area contributed by atoms with Crippen LogP contribution in [0.5, 0.6) is 0 Å². The van der Waals surface area contributed by atoms with Gasteiger partial charge in [0.25, 0.3) is 0 Å². The van der Waals surface area contributed by atoms with Crippen molar-refractivity contribution in [3.8, 4) is 0 Å². The van der Waals surface area contributed by atoms with Crippen LogP contribution < -0.4 is 5.32 Å². The van der Waals surface area contributed by atoms with Crippen LogP contribution in [0, 0.1) is 6.92 Å². The average molecular weight is 221 g/mol. The number of halogens is 3. The minimum absolute atomic E-state index is 0.169. The molecule has 0 saturated carbocycles. The first-order valence-electron chi connectivity index (χ1n) is 4.15. The molecule has 0 aliphatic heterocycles. The monoisotopic (exact) mass is 221 g/mol. The molecular formula is C8H10F3N3O. The number of carbonyl (C=O) groups excluding carboxylic acids is 1. The van der Waals surface area contributed by atoms with E-state index in [9.17, 15) is 18.0 Å². The number of aromatic nitrogens is 2. The van der Waals surface area contributed by atoms with Crippen molar-refractivity contribution in [3.63, 3.8) is 0 Å². The molecular weight excluding hydrogens is 211 g/mol. The number of aryl methyl sites for hydroxylation is 2. The zero-order valence-corrected chi connectivity index (χ0v) is 8.22. The van der Waals surface area contributed by atoms with Gasteiger partial charge < -0.3 is 5.32 Å². The SMILES string of the molecule is Cc1nn(C)cc1CNC(=O)C(F)(F)F. The van der Waals surface area contributed by atoms with Crippen LogP contribution in [0.25, 0.3) is 0 Å². The molecule has 15 heavy (non-hydrogen) atoms. The second-order valence-corrected chi connectivity index (χ2v) is 3.09. The number of nitrogens with zero attached hydrogens (tertiary/aromatic N) is 2. The van der Waals surface area contributed by atoms with Crippen LogP contribution in [0.4, 0.5) is 13.2 Å². The summed E-state index contributed by atoms with van der Waals surface area (Å²) in [5.74, 6) is -1.94. The Morgan fingerprint density at radius 2 is 2.20 bits per heavy atom. The van der Waals surface area contributed by atoms with Gasteiger partial charge in [-0.25, -0.2) is 0 Å². The van der Waals surface area contributed by atoms with Crippen molar-refractivity contribution in [2.45, 2.75) is 19.6 Å². The Labute approximate surface area is 84.1 Å². The summed E-state index contributed by atoms with van der Waals surface area (Å²) in [5, 5.41) is 5.71. The number of alkyl halides is 3. The second kappa shape index (κ2) is 3.92. The lowest BCUT2D eigenvalue weighted by Crippen LogP contribution is -2.36. The van der Waals surface area contributed by atoms with Gasteiger partial charge in [0.2, 0.25) is 0 Å². The van der Waals surface area contributed by atoms with Gasteiger partial charge in [-0.15, -0.1) is 0 Å². The Morgan fingerprint density at radius 3 is 2.60 bits per heavy atom. The molecule has 1 aromatic rings. The van der Waals surface area contributed by atoms with Crippen LogP contribution in [0.3, 0.4) is 0 Å². The lowest BCUT2D eigenvalue weighted by atomic mass is 10.2. The predicted molar refractivity (Wildman–Crippen MR) is 45.8 cm³/mol. The molecule has 1 N–H and O–H groups in total. The molecule has 0 bridgehead atoms. The van der Waals surface area contributed by atoms with Crippen molar-refractivity contribution < 1.29 is 18.0 Å². The lowest BCUT2D eigenvalue weighted by Gasteiger charge is -2.06. The Morgan fingerprint density at radius 1 is 1.60 bits per heavy atom. The van der Waals surface area contributed by atoms with Crippen molar-refractivity contribution in [3.05, 3.63) is 17.5 Å². The van der Waals surface area contributed by atoms with E-state index in [0.29, 0.717) is 11.3 Å². The highest BCUT2D eigenvalue weighted by atomic mass is 19.4. The molecule has 1 rings (SSSR count). The van der Waals surface area contributed by atoms with Gasteiger partial charge in [-0.3, -0.25) is 9.48 Å². The van der Waals surface area contributed by atoms with Crippen LogP contribution in [-0.2, 0) is 18.4 Å². The molecule has 7 heteroatoms. The van der Waals surface area contributed by atoms with Crippen LogP contribution in [0.15, 0.2) is 6.20 Å². The summed E-state index contributed by atoms with van der Waals surface area (Å²) in [4.78, 5) is 10.5. The van der Waals surface area contributed by atoms with E-state index in [1.54, 1.807) is 25.5 Å². The highest BCUT2D eigenvalue weighted by molar-refractivity contribution is 5.81. The van der Waals surface area contributed by atoms with Crippen LogP contribution in [0.1, 0.15) is 11.3 Å². The maximum Gasteiger partial charge on any atom is 0.471 e. The first-order chi connectivity index (χ1) is 6.80. The maximum atomic E-state index is 11.8. The highest BCUT2D eigenvalue weighted by Gasteiger charge is 2.38. The molecule has 0 radical (unpaired) electrons. The molecule has 0 saturated heterocycles. The molecule has 0 aromatic carbocycles. The Kier molecular flexibility index (Phi) is 3.01. The van der Waals surface area contributed by atoms with Crippen molar-refractivity contribution in [2.75, 3.05) is 0 Å². The van der Waals surface area contributed by atoms with Gasteiger partial charge in [0, 0.05) is 25.4 Å². The third-order valence-electron chi connectivity index (χ3n) is 1.81. The molecule has 0 atom stereocenters. The van der Waals surface area contributed by atoms with Gasteiger partial charge in [-0.05, 0) is 6.92 Å². The summed E-state index contributed by atoms with van der Waals surface area (Å²) < 4.78 is 37.0. The second-order valence-electron chi connectivity index (χ2n) is 3.09. The van der Waals surface area contributed by atoms with E-state index in [1.807, 2.05) is 0 Å². The number of nitrogens with one attached hydrogen (secondary N) is 1. The topological polar surface area (TPSA) is 46.9 Å². The molecule has 4 nitrogen and oxygen atoms in total. The van der Waals surface area contributed by atoms with E-state index < -0.39 is 12.1 Å². The van der Waals surface area contributed by atoms with Crippen LogP contribution in [-0.4, -0.2) is 21.9 Å². The molecule has 0 unspecified atom stereocenters. The third-order valence-corrected chi connectivity index (χ3v) is 1.81. The average Bonchev–Trinajstić information content (AvgIpc) is 2.39. The Bertz CT molecular complexity index is 370. The fourth-order valence-electron chi connectivity index (χ4n) is 1.10. The lowest BCUT2D eigenvalue weighted by molar-refractivity contribution is -0.173. The van der Waals surface area contributed by atoms with Crippen LogP contribution >= 0.6 is 0 Å². The standard InChI is InChI=1S/C8H10F3N3O/c1-5-6(4-14(2)13-5)3-12-7(15)8(9,10)11/h4H,3H2,1-2H3,(H,12,15). The van der Waals surface area contributed by atoms with Gasteiger partial charge in [-0.1, -0.05) is 0 Å². The van der Waals surface area contributed by atoms with Crippen molar-refractivity contribution in [1.29, 1.82) is 0 Å². The molecule has 1 heterocycles. The van der Waals surface area contributed by atoms with E-state index in [4.69, 9.17) is 0 Å².